The molecular weight excluding hydrogens is 435 g/mol. The molecule has 2 aromatic carbocycles. The quantitative estimate of drug-likeness (QED) is 0.767. The number of carbonyl (C=O) groups is 1. The molecule has 2 aliphatic rings. The maximum absolute atomic E-state index is 13.0. The van der Waals surface area contributed by atoms with Gasteiger partial charge in [-0.15, -0.1) is 0 Å². The van der Waals surface area contributed by atoms with Gasteiger partial charge in [0.15, 0.2) is 0 Å². The zero-order valence-electron chi connectivity index (χ0n) is 15.5. The summed E-state index contributed by atoms with van der Waals surface area (Å²) >= 11 is 12.4. The van der Waals surface area contributed by atoms with Crippen LogP contribution in [-0.2, 0) is 21.2 Å². The van der Waals surface area contributed by atoms with Crippen molar-refractivity contribution < 1.29 is 17.9 Å². The summed E-state index contributed by atoms with van der Waals surface area (Å²) in [6, 6.07) is 10.4. The summed E-state index contributed by atoms with van der Waals surface area (Å²) in [5.74, 6) is -0.424. The van der Waals surface area contributed by atoms with Crippen LogP contribution in [0.25, 0.3) is 0 Å². The third-order valence-corrected chi connectivity index (χ3v) is 7.97. The van der Waals surface area contributed by atoms with Crippen LogP contribution >= 0.6 is 23.2 Å². The van der Waals surface area contributed by atoms with Gasteiger partial charge in [0.2, 0.25) is 10.0 Å². The molecule has 2 aromatic rings. The van der Waals surface area contributed by atoms with Crippen LogP contribution in [0.5, 0.6) is 0 Å². The van der Waals surface area contributed by atoms with Gasteiger partial charge in [-0.2, -0.15) is 4.31 Å². The maximum Gasteiger partial charge on any atom is 0.253 e. The van der Waals surface area contributed by atoms with E-state index in [1.807, 2.05) is 24.3 Å². The van der Waals surface area contributed by atoms with Gasteiger partial charge in [-0.3, -0.25) is 4.79 Å². The fourth-order valence-corrected chi connectivity index (χ4v) is 6.01. The van der Waals surface area contributed by atoms with Crippen molar-refractivity contribution in [1.82, 2.24) is 9.62 Å². The lowest BCUT2D eigenvalue weighted by Crippen LogP contribution is -2.40. The van der Waals surface area contributed by atoms with Gasteiger partial charge in [0.25, 0.3) is 5.91 Å². The zero-order chi connectivity index (χ0) is 20.6. The minimum Gasteiger partial charge on any atom is -0.379 e. The fraction of sp³-hybridized carbons (Fsp3) is 0.350. The van der Waals surface area contributed by atoms with Gasteiger partial charge in [-0.1, -0.05) is 47.5 Å². The van der Waals surface area contributed by atoms with Crippen molar-refractivity contribution in [3.8, 4) is 0 Å². The van der Waals surface area contributed by atoms with Gasteiger partial charge in [0, 0.05) is 13.1 Å². The molecular formula is C20H20Cl2N2O4S. The van der Waals surface area contributed by atoms with Crippen molar-refractivity contribution in [2.75, 3.05) is 26.3 Å². The Morgan fingerprint density at radius 2 is 1.83 bits per heavy atom. The number of nitrogens with one attached hydrogen (secondary N) is 1. The van der Waals surface area contributed by atoms with Crippen LogP contribution in [0.4, 0.5) is 0 Å². The normalized spacial score (nSPS) is 19.7. The van der Waals surface area contributed by atoms with Crippen LogP contribution in [0.2, 0.25) is 10.0 Å². The maximum atomic E-state index is 13.0. The second-order valence-corrected chi connectivity index (χ2v) is 9.76. The van der Waals surface area contributed by atoms with Crippen molar-refractivity contribution in [1.29, 1.82) is 0 Å². The SMILES string of the molecule is O=C(NC1CCc2ccccc21)c1cc(S(=O)(=O)N2CCOCC2)c(Cl)cc1Cl. The van der Waals surface area contributed by atoms with Crippen molar-refractivity contribution in [2.45, 2.75) is 23.8 Å². The molecule has 1 N–H and O–H groups in total. The number of sulfonamides is 1. The zero-order valence-corrected chi connectivity index (χ0v) is 17.9. The molecule has 154 valence electrons. The largest absolute Gasteiger partial charge is 0.379 e. The number of halogens is 2. The van der Waals surface area contributed by atoms with Gasteiger partial charge in [-0.25, -0.2) is 8.42 Å². The van der Waals surface area contributed by atoms with Crippen molar-refractivity contribution in [2.24, 2.45) is 0 Å². The third-order valence-electron chi connectivity index (χ3n) is 5.29. The number of aryl methyl sites for hydroxylation is 1. The Hall–Kier alpha value is -1.64. The lowest BCUT2D eigenvalue weighted by molar-refractivity contribution is 0.0730. The van der Waals surface area contributed by atoms with Gasteiger partial charge >= 0.3 is 0 Å². The smallest absolute Gasteiger partial charge is 0.253 e. The molecule has 1 aliphatic heterocycles. The number of carbonyl (C=O) groups excluding carboxylic acids is 1. The molecule has 1 saturated heterocycles. The molecule has 9 heteroatoms. The lowest BCUT2D eigenvalue weighted by Gasteiger charge is -2.26. The van der Waals surface area contributed by atoms with Crippen LogP contribution in [0.1, 0.15) is 33.9 Å². The molecule has 1 amide bonds. The fourth-order valence-electron chi connectivity index (χ4n) is 3.77. The summed E-state index contributed by atoms with van der Waals surface area (Å²) in [7, 11) is -3.86. The molecule has 0 spiro atoms. The number of fused-ring (bicyclic) bond motifs is 1. The highest BCUT2D eigenvalue weighted by Gasteiger charge is 2.31. The highest BCUT2D eigenvalue weighted by molar-refractivity contribution is 7.89. The molecule has 1 fully saturated rings. The van der Waals surface area contributed by atoms with Crippen LogP contribution < -0.4 is 5.32 Å². The molecule has 29 heavy (non-hydrogen) atoms. The standard InChI is InChI=1S/C20H20Cl2N2O4S/c21-16-12-17(22)19(29(26,27)24-7-9-28-10-8-24)11-15(16)20(25)23-18-6-5-13-3-1-2-4-14(13)18/h1-4,11-12,18H,5-10H2,(H,23,25). The monoisotopic (exact) mass is 454 g/mol. The molecule has 0 aromatic heterocycles. The summed E-state index contributed by atoms with van der Waals surface area (Å²) in [6.07, 6.45) is 1.67. The van der Waals surface area contributed by atoms with Crippen molar-refractivity contribution >= 4 is 39.1 Å². The molecule has 0 saturated carbocycles. The van der Waals surface area contributed by atoms with Gasteiger partial charge in [-0.05, 0) is 36.1 Å². The van der Waals surface area contributed by atoms with E-state index in [2.05, 4.69) is 5.32 Å². The number of ether oxygens (including phenoxy) is 1. The van der Waals surface area contributed by atoms with Crippen LogP contribution in [0.15, 0.2) is 41.3 Å². The van der Waals surface area contributed by atoms with Crippen molar-refractivity contribution in [3.05, 3.63) is 63.1 Å². The van der Waals surface area contributed by atoms with E-state index in [9.17, 15) is 13.2 Å². The molecule has 1 heterocycles. The van der Waals surface area contributed by atoms with E-state index in [-0.39, 0.29) is 39.6 Å². The first kappa shape index (κ1) is 20.6. The Morgan fingerprint density at radius 3 is 2.59 bits per heavy atom. The van der Waals surface area contributed by atoms with Gasteiger partial charge in [0.1, 0.15) is 4.90 Å². The molecule has 1 unspecified atom stereocenters. The number of hydrogen-bond donors (Lipinski definition) is 1. The first-order valence-corrected chi connectivity index (χ1v) is 11.5. The summed E-state index contributed by atoms with van der Waals surface area (Å²) in [6.45, 7) is 1.11. The van der Waals surface area contributed by atoms with Crippen LogP contribution in [-0.4, -0.2) is 44.9 Å². The number of benzene rings is 2. The Morgan fingerprint density at radius 1 is 1.10 bits per heavy atom. The number of morpholine rings is 1. The molecule has 1 atom stereocenters. The molecule has 1 aliphatic carbocycles. The van der Waals surface area contributed by atoms with E-state index >= 15 is 0 Å². The average Bonchev–Trinajstić information content (AvgIpc) is 3.11. The summed E-state index contributed by atoms with van der Waals surface area (Å²) in [5.41, 5.74) is 2.37. The summed E-state index contributed by atoms with van der Waals surface area (Å²) in [4.78, 5) is 12.8. The highest BCUT2D eigenvalue weighted by atomic mass is 35.5. The number of rotatable bonds is 4. The Balaban J connectivity index is 1.63. The number of nitrogens with zero attached hydrogens (tertiary/aromatic N) is 1. The summed E-state index contributed by atoms with van der Waals surface area (Å²) in [5, 5.41) is 3.08. The highest BCUT2D eigenvalue weighted by Crippen LogP contribution is 2.33. The Kier molecular flexibility index (Phi) is 5.86. The second-order valence-electron chi connectivity index (χ2n) is 7.04. The number of hydrogen-bond acceptors (Lipinski definition) is 4. The van der Waals surface area contributed by atoms with Crippen LogP contribution in [0.3, 0.4) is 0 Å². The predicted octanol–water partition coefficient (Wildman–Crippen LogP) is 3.43. The second kappa shape index (κ2) is 8.24. The van der Waals surface area contributed by atoms with E-state index < -0.39 is 15.9 Å². The molecule has 4 rings (SSSR count). The lowest BCUT2D eigenvalue weighted by atomic mass is 10.1. The summed E-state index contributed by atoms with van der Waals surface area (Å²) < 4.78 is 32.6. The average molecular weight is 455 g/mol. The third kappa shape index (κ3) is 4.02. The first-order chi connectivity index (χ1) is 13.9. The van der Waals surface area contributed by atoms with Gasteiger partial charge < -0.3 is 10.1 Å². The Bertz CT molecular complexity index is 1050. The molecule has 6 nitrogen and oxygen atoms in total. The van der Waals surface area contributed by atoms with E-state index in [0.29, 0.717) is 13.2 Å². The minimum absolute atomic E-state index is 0.00995. The van der Waals surface area contributed by atoms with E-state index in [4.69, 9.17) is 27.9 Å². The Labute approximate surface area is 179 Å². The number of amides is 1. The molecule has 0 bridgehead atoms. The van der Waals surface area contributed by atoms with E-state index in [1.165, 1.54) is 22.0 Å². The minimum atomic E-state index is -3.86. The topological polar surface area (TPSA) is 75.7 Å². The molecule has 0 radical (unpaired) electrons. The van der Waals surface area contributed by atoms with E-state index in [0.717, 1.165) is 18.4 Å². The predicted molar refractivity (Wildman–Crippen MR) is 111 cm³/mol. The van der Waals surface area contributed by atoms with Gasteiger partial charge in [0.05, 0.1) is 34.9 Å². The van der Waals surface area contributed by atoms with E-state index in [1.54, 1.807) is 0 Å². The van der Waals surface area contributed by atoms with Crippen molar-refractivity contribution in [3.63, 3.8) is 0 Å². The van der Waals surface area contributed by atoms with Crippen LogP contribution in [0, 0.1) is 0 Å². The first-order valence-electron chi connectivity index (χ1n) is 9.33.